The molecule has 3 aromatic heterocycles. The minimum atomic E-state index is -4.65. The number of Topliss-reactive ketones (excluding diaryl/α,β-unsaturated/α-hetero) is 1. The van der Waals surface area contributed by atoms with Crippen molar-refractivity contribution >= 4 is 27.4 Å². The second kappa shape index (κ2) is 11.4. The van der Waals surface area contributed by atoms with Crippen molar-refractivity contribution in [2.75, 3.05) is 6.54 Å². The lowest BCUT2D eigenvalue weighted by molar-refractivity contribution is -0.137. The number of carbonyl (C=O) groups excluding carboxylic acids is 1. The van der Waals surface area contributed by atoms with Crippen LogP contribution in [-0.2, 0) is 28.8 Å². The summed E-state index contributed by atoms with van der Waals surface area (Å²) < 4.78 is 74.1. The van der Waals surface area contributed by atoms with Crippen LogP contribution in [0.4, 0.5) is 17.6 Å². The first-order valence-corrected chi connectivity index (χ1v) is 16.3. The molecule has 0 radical (unpaired) electrons. The van der Waals surface area contributed by atoms with Gasteiger partial charge in [-0.05, 0) is 86.5 Å². The van der Waals surface area contributed by atoms with Gasteiger partial charge in [0.1, 0.15) is 11.5 Å². The zero-order valence-corrected chi connectivity index (χ0v) is 25.6. The van der Waals surface area contributed by atoms with Gasteiger partial charge in [0.05, 0.1) is 49.4 Å². The Morgan fingerprint density at radius 1 is 1.16 bits per heavy atom. The van der Waals surface area contributed by atoms with E-state index in [1.165, 1.54) is 12.1 Å². The Morgan fingerprint density at radius 3 is 2.58 bits per heavy atom. The number of allylic oxidation sites excluding steroid dienone is 1. The Balaban J connectivity index is 1.44. The van der Waals surface area contributed by atoms with Crippen molar-refractivity contribution in [2.45, 2.75) is 63.2 Å². The predicted octanol–water partition coefficient (Wildman–Crippen LogP) is 6.02. The van der Waals surface area contributed by atoms with Crippen molar-refractivity contribution in [3.05, 3.63) is 95.1 Å². The van der Waals surface area contributed by atoms with Crippen LogP contribution in [-0.4, -0.2) is 57.3 Å². The molecule has 1 unspecified atom stereocenters. The van der Waals surface area contributed by atoms with E-state index < -0.39 is 32.6 Å². The number of halogens is 4. The van der Waals surface area contributed by atoms with E-state index >= 15 is 0 Å². The Labute approximate surface area is 258 Å². The van der Waals surface area contributed by atoms with Crippen LogP contribution in [0.5, 0.6) is 0 Å². The van der Waals surface area contributed by atoms with Gasteiger partial charge in [-0.1, -0.05) is 12.5 Å². The van der Waals surface area contributed by atoms with Crippen molar-refractivity contribution < 1.29 is 26.6 Å². The van der Waals surface area contributed by atoms with Crippen LogP contribution < -0.4 is 0 Å². The molecule has 13 heteroatoms. The van der Waals surface area contributed by atoms with Gasteiger partial charge in [0.25, 0.3) is 0 Å². The minimum absolute atomic E-state index is 0.159. The second-order valence-corrected chi connectivity index (χ2v) is 13.7. The number of aromatic nitrogens is 5. The van der Waals surface area contributed by atoms with Crippen LogP contribution in [0.2, 0.25) is 0 Å². The lowest BCUT2D eigenvalue weighted by atomic mass is 9.60. The Hall–Kier alpha value is -4.10. The molecule has 236 valence electrons. The number of nitrogens with zero attached hydrogens (tertiary/aromatic N) is 6. The van der Waals surface area contributed by atoms with Gasteiger partial charge in [0, 0.05) is 31.5 Å². The quantitative estimate of drug-likeness (QED) is 0.134. The fourth-order valence-electron chi connectivity index (χ4n) is 6.62. The standard InChI is InChI=1S/C32H32F4N6O2S/c1-4-40-20-27(19-38-40)45(3,44)41(5-2)26-9-6-22-15-29-21(18-39-42(29)25-10-7-24(33)8-11-25)16-31(22,17-26)30(43)28-14-23(12-13-37-28)32(34,35)36/h7-8,10-15,18-20,26H,3-6,9,16-17H2,1-2H3/t26-,31-,45?/m0/s1. The molecular weight excluding hydrogens is 608 g/mol. The number of ketones is 1. The fraction of sp³-hybridized carbons (Fsp3) is 0.344. The highest BCUT2D eigenvalue weighted by molar-refractivity contribution is 7.98. The highest BCUT2D eigenvalue weighted by Crippen LogP contribution is 2.51. The molecule has 1 aromatic carbocycles. The summed E-state index contributed by atoms with van der Waals surface area (Å²) in [6.45, 7) is 4.74. The van der Waals surface area contributed by atoms with E-state index in [0.29, 0.717) is 42.1 Å². The average molecular weight is 641 g/mol. The molecule has 0 bridgehead atoms. The molecule has 1 fully saturated rings. The molecule has 1 saturated carbocycles. The highest BCUT2D eigenvalue weighted by atomic mass is 32.2. The lowest BCUT2D eigenvalue weighted by Crippen LogP contribution is -2.50. The van der Waals surface area contributed by atoms with E-state index in [2.05, 4.69) is 21.1 Å². The lowest BCUT2D eigenvalue weighted by Gasteiger charge is -2.47. The number of carbonyl (C=O) groups is 1. The molecule has 45 heavy (non-hydrogen) atoms. The van der Waals surface area contributed by atoms with Gasteiger partial charge in [0.2, 0.25) is 0 Å². The van der Waals surface area contributed by atoms with Gasteiger partial charge in [0.15, 0.2) is 5.78 Å². The van der Waals surface area contributed by atoms with Gasteiger partial charge in [-0.25, -0.2) is 17.6 Å². The van der Waals surface area contributed by atoms with Crippen LogP contribution in [0.3, 0.4) is 0 Å². The average Bonchev–Trinajstić information content (AvgIpc) is 3.67. The predicted molar refractivity (Wildman–Crippen MR) is 163 cm³/mol. The maximum atomic E-state index is 14.5. The molecular formula is C32H32F4N6O2S. The molecule has 2 aliphatic carbocycles. The van der Waals surface area contributed by atoms with Crippen LogP contribution in [0.1, 0.15) is 60.4 Å². The molecule has 2 aliphatic rings. The number of fused-ring (bicyclic) bond motifs is 2. The van der Waals surface area contributed by atoms with Gasteiger partial charge in [-0.2, -0.15) is 23.4 Å². The Morgan fingerprint density at radius 2 is 1.91 bits per heavy atom. The van der Waals surface area contributed by atoms with E-state index in [9.17, 15) is 26.6 Å². The van der Waals surface area contributed by atoms with Gasteiger partial charge in [-0.3, -0.25) is 14.5 Å². The first-order chi connectivity index (χ1) is 21.4. The number of hydrogen-bond donors (Lipinski definition) is 0. The van der Waals surface area contributed by atoms with Crippen molar-refractivity contribution in [3.63, 3.8) is 0 Å². The van der Waals surface area contributed by atoms with Crippen molar-refractivity contribution in [3.8, 4) is 5.69 Å². The van der Waals surface area contributed by atoms with Crippen molar-refractivity contribution in [1.82, 2.24) is 28.9 Å². The molecule has 0 aliphatic heterocycles. The SMILES string of the molecule is C=S(=O)(c1cnn(CC)c1)N(CC)[C@H]1CCC2=Cc3c(cnn3-c3ccc(F)cc3)C[C@]2(C(=O)c2cc(C(F)(F)F)ccn2)C1. The first-order valence-electron chi connectivity index (χ1n) is 14.7. The molecule has 3 atom stereocenters. The van der Waals surface area contributed by atoms with Gasteiger partial charge < -0.3 is 0 Å². The molecule has 3 heterocycles. The summed E-state index contributed by atoms with van der Waals surface area (Å²) >= 11 is 0. The second-order valence-electron chi connectivity index (χ2n) is 11.4. The van der Waals surface area contributed by atoms with Crippen LogP contribution >= 0.6 is 0 Å². The minimum Gasteiger partial charge on any atom is -0.291 e. The topological polar surface area (TPSA) is 85.9 Å². The normalized spacial score (nSPS) is 21.1. The summed E-state index contributed by atoms with van der Waals surface area (Å²) in [5.41, 5.74) is 0.295. The zero-order chi connectivity index (χ0) is 32.1. The summed E-state index contributed by atoms with van der Waals surface area (Å²) in [6, 6.07) is 7.12. The van der Waals surface area contributed by atoms with Crippen molar-refractivity contribution in [1.29, 1.82) is 0 Å². The molecule has 4 aromatic rings. The number of hydrogen-bond acceptors (Lipinski definition) is 5. The summed E-state index contributed by atoms with van der Waals surface area (Å²) in [5.74, 6) is 3.18. The third kappa shape index (κ3) is 5.41. The fourth-order valence-corrected chi connectivity index (χ4v) is 8.47. The molecule has 0 amide bonds. The summed E-state index contributed by atoms with van der Waals surface area (Å²) in [7, 11) is -3.01. The number of alkyl halides is 3. The third-order valence-corrected chi connectivity index (χ3v) is 11.1. The number of pyridine rings is 1. The van der Waals surface area contributed by atoms with Gasteiger partial charge >= 0.3 is 6.18 Å². The van der Waals surface area contributed by atoms with E-state index in [1.807, 2.05) is 19.9 Å². The van der Waals surface area contributed by atoms with Crippen molar-refractivity contribution in [2.24, 2.45) is 5.41 Å². The maximum absolute atomic E-state index is 14.5. The molecule has 0 saturated heterocycles. The summed E-state index contributed by atoms with van der Waals surface area (Å²) in [5, 5.41) is 8.80. The van der Waals surface area contributed by atoms with Crippen LogP contribution in [0.15, 0.2) is 71.7 Å². The zero-order valence-electron chi connectivity index (χ0n) is 24.8. The number of aryl methyl sites for hydroxylation is 1. The highest BCUT2D eigenvalue weighted by Gasteiger charge is 2.51. The van der Waals surface area contributed by atoms with Crippen LogP contribution in [0, 0.1) is 11.2 Å². The van der Waals surface area contributed by atoms with E-state index in [0.717, 1.165) is 29.6 Å². The summed E-state index contributed by atoms with van der Waals surface area (Å²) in [6.07, 6.45) is 4.42. The molecule has 6 rings (SSSR count). The monoisotopic (exact) mass is 640 g/mol. The van der Waals surface area contributed by atoms with E-state index in [-0.39, 0.29) is 30.4 Å². The number of benzene rings is 1. The van der Waals surface area contributed by atoms with Gasteiger partial charge in [-0.15, -0.1) is 0 Å². The largest absolute Gasteiger partial charge is 0.416 e. The Kier molecular flexibility index (Phi) is 7.80. The van der Waals surface area contributed by atoms with Crippen LogP contribution in [0.25, 0.3) is 11.8 Å². The maximum Gasteiger partial charge on any atom is 0.416 e. The van der Waals surface area contributed by atoms with E-state index in [4.69, 9.17) is 0 Å². The smallest absolute Gasteiger partial charge is 0.291 e. The van der Waals surface area contributed by atoms with E-state index in [1.54, 1.807) is 44.4 Å². The number of rotatable bonds is 8. The molecule has 0 N–H and O–H groups in total. The molecule has 8 nitrogen and oxygen atoms in total. The first kappa shape index (κ1) is 30.9. The third-order valence-electron chi connectivity index (χ3n) is 8.86. The molecule has 0 spiro atoms. The summed E-state index contributed by atoms with van der Waals surface area (Å²) in [4.78, 5) is 19.1. The Bertz CT molecular complexity index is 1890.